The summed E-state index contributed by atoms with van der Waals surface area (Å²) in [6.07, 6.45) is 10.6. The molecule has 1 aliphatic rings. The molecule has 68 heavy (non-hydrogen) atoms. The van der Waals surface area contributed by atoms with Crippen molar-refractivity contribution in [2.24, 2.45) is 0 Å². The van der Waals surface area contributed by atoms with Crippen LogP contribution in [0.1, 0.15) is 24.0 Å². The van der Waals surface area contributed by atoms with Crippen LogP contribution >= 0.6 is 22.7 Å². The molecule has 0 saturated heterocycles. The molecule has 8 aromatic carbocycles. The quantitative estimate of drug-likeness (QED) is 0.108. The van der Waals surface area contributed by atoms with Crippen LogP contribution in [0.2, 0.25) is 0 Å². The second-order valence-corrected chi connectivity index (χ2v) is 18.8. The molecule has 0 aliphatic heterocycles. The molecule has 10 aromatic rings. The number of thiazole rings is 2. The third-order valence-electron chi connectivity index (χ3n) is 12.3. The van der Waals surface area contributed by atoms with E-state index in [1.165, 1.54) is 20.5 Å². The summed E-state index contributed by atoms with van der Waals surface area (Å²) >= 11 is 3.45. The molecule has 0 unspecified atom stereocenters. The Morgan fingerprint density at radius 1 is 0.485 bits per heavy atom. The minimum atomic E-state index is 0.912. The summed E-state index contributed by atoms with van der Waals surface area (Å²) in [6.45, 7) is 8.92. The van der Waals surface area contributed by atoms with Crippen LogP contribution in [-0.2, 0) is 0 Å². The summed E-state index contributed by atoms with van der Waals surface area (Å²) in [5.41, 5.74) is 17.4. The van der Waals surface area contributed by atoms with E-state index in [0.29, 0.717) is 0 Å². The van der Waals surface area contributed by atoms with Gasteiger partial charge in [0.25, 0.3) is 0 Å². The number of hydrogen-bond donors (Lipinski definition) is 0. The van der Waals surface area contributed by atoms with Crippen LogP contribution in [0, 0.1) is 0 Å². The fraction of sp³-hybridized carbons (Fsp3) is 0.0323. The van der Waals surface area contributed by atoms with Crippen LogP contribution in [0.15, 0.2) is 255 Å². The summed E-state index contributed by atoms with van der Waals surface area (Å²) in [5.74, 6) is 0. The van der Waals surface area contributed by atoms with Gasteiger partial charge in [0.2, 0.25) is 0 Å². The molecule has 0 amide bonds. The minimum absolute atomic E-state index is 0.912. The highest BCUT2D eigenvalue weighted by molar-refractivity contribution is 7.22. The third-order valence-corrected chi connectivity index (χ3v) is 14.5. The number of allylic oxidation sites excluding steroid dienone is 8. The molecule has 2 aromatic heterocycles. The molecular formula is C62H46N4S2. The normalized spacial score (nSPS) is 12.7. The lowest BCUT2D eigenvalue weighted by Crippen LogP contribution is -2.10. The van der Waals surface area contributed by atoms with Crippen molar-refractivity contribution in [3.8, 4) is 21.1 Å². The van der Waals surface area contributed by atoms with Crippen molar-refractivity contribution in [2.75, 3.05) is 9.80 Å². The molecule has 326 valence electrons. The molecule has 0 saturated carbocycles. The van der Waals surface area contributed by atoms with Crippen molar-refractivity contribution in [1.82, 2.24) is 9.97 Å². The summed E-state index contributed by atoms with van der Waals surface area (Å²) in [6, 6.07) is 72.8. The van der Waals surface area contributed by atoms with Crippen LogP contribution in [0.3, 0.4) is 0 Å². The molecule has 1 aliphatic carbocycles. The van der Waals surface area contributed by atoms with E-state index in [-0.39, 0.29) is 0 Å². The lowest BCUT2D eigenvalue weighted by molar-refractivity contribution is 0.983. The second kappa shape index (κ2) is 19.0. The average molecular weight is 911 g/mol. The van der Waals surface area contributed by atoms with Gasteiger partial charge in [-0.2, -0.15) is 0 Å². The monoisotopic (exact) mass is 910 g/mol. The van der Waals surface area contributed by atoms with Crippen molar-refractivity contribution < 1.29 is 0 Å². The van der Waals surface area contributed by atoms with Gasteiger partial charge in [0, 0.05) is 45.3 Å². The molecule has 0 fully saturated rings. The fourth-order valence-corrected chi connectivity index (χ4v) is 10.8. The number of aromatic nitrogens is 2. The van der Waals surface area contributed by atoms with Crippen LogP contribution in [-0.4, -0.2) is 9.97 Å². The number of nitrogens with zero attached hydrogens (tertiary/aromatic N) is 4. The molecule has 2 heterocycles. The van der Waals surface area contributed by atoms with Gasteiger partial charge in [-0.3, -0.25) is 0 Å². The summed E-state index contributed by atoms with van der Waals surface area (Å²) in [5, 5.41) is 2.04. The van der Waals surface area contributed by atoms with Gasteiger partial charge >= 0.3 is 0 Å². The summed E-state index contributed by atoms with van der Waals surface area (Å²) < 4.78 is 2.39. The highest BCUT2D eigenvalue weighted by Gasteiger charge is 2.18. The van der Waals surface area contributed by atoms with E-state index in [0.717, 1.165) is 101 Å². The number of rotatable bonds is 13. The smallest absolute Gasteiger partial charge is 0.124 e. The first-order valence-electron chi connectivity index (χ1n) is 22.8. The largest absolute Gasteiger partial charge is 0.310 e. The van der Waals surface area contributed by atoms with Gasteiger partial charge in [0.1, 0.15) is 10.0 Å². The van der Waals surface area contributed by atoms with E-state index in [2.05, 4.69) is 235 Å². The van der Waals surface area contributed by atoms with Gasteiger partial charge in [0.15, 0.2) is 0 Å². The predicted molar refractivity (Wildman–Crippen MR) is 292 cm³/mol. The van der Waals surface area contributed by atoms with Crippen molar-refractivity contribution in [3.05, 3.63) is 266 Å². The standard InChI is InChI=1S/C62H46N4S2/c1-3-44(49-19-15-25-55(41-49)65(51-21-6-4-7-22-51)53-35-31-45(32-36-53)61-63-57-27-10-12-29-59(57)67-61)39-43(2)47-17-14-18-48(40-47)50-20-16-26-56(42-50)66(52-23-8-5-9-24-52)54-37-33-46(34-38-54)62-64-58-28-11-13-30-60(58)68-62/h3-13,15-16,18-42H,1-2,14,17H2/b44-39+. The first-order chi connectivity index (χ1) is 33.5. The number of anilines is 6. The van der Waals surface area contributed by atoms with Crippen molar-refractivity contribution in [3.63, 3.8) is 0 Å². The fourth-order valence-electron chi connectivity index (χ4n) is 8.89. The highest BCUT2D eigenvalue weighted by atomic mass is 32.1. The Morgan fingerprint density at radius 2 is 0.971 bits per heavy atom. The van der Waals surface area contributed by atoms with Crippen molar-refractivity contribution in [2.45, 2.75) is 12.8 Å². The number of hydrogen-bond acceptors (Lipinski definition) is 6. The average Bonchev–Trinajstić information content (AvgIpc) is 4.05. The zero-order chi connectivity index (χ0) is 45.8. The SMILES string of the molecule is C=C/C(=C\C(=C)C1=CC(c2cccc(N(c3ccccc3)c3ccc(-c4nc5ccccc5s4)cc3)c2)=CCC1)c1cccc(N(c2ccccc2)c2ccc(-c3nc4ccccc4s3)cc2)c1. The minimum Gasteiger partial charge on any atom is -0.310 e. The van der Waals surface area contributed by atoms with Gasteiger partial charge < -0.3 is 9.80 Å². The maximum absolute atomic E-state index is 4.91. The van der Waals surface area contributed by atoms with E-state index in [9.17, 15) is 0 Å². The molecule has 6 heteroatoms. The van der Waals surface area contributed by atoms with Gasteiger partial charge in [-0.15, -0.1) is 22.7 Å². The Labute approximate surface area is 405 Å². The van der Waals surface area contributed by atoms with E-state index in [1.807, 2.05) is 18.2 Å². The van der Waals surface area contributed by atoms with E-state index in [4.69, 9.17) is 9.97 Å². The lowest BCUT2D eigenvalue weighted by Gasteiger charge is -2.26. The summed E-state index contributed by atoms with van der Waals surface area (Å²) in [4.78, 5) is 14.4. The Kier molecular flexibility index (Phi) is 11.9. The van der Waals surface area contributed by atoms with Crippen LogP contribution in [0.4, 0.5) is 34.1 Å². The predicted octanol–water partition coefficient (Wildman–Crippen LogP) is 18.1. The zero-order valence-electron chi connectivity index (χ0n) is 37.4. The summed E-state index contributed by atoms with van der Waals surface area (Å²) in [7, 11) is 0. The Hall–Kier alpha value is -8.16. The molecule has 0 atom stereocenters. The van der Waals surface area contributed by atoms with E-state index >= 15 is 0 Å². The van der Waals surface area contributed by atoms with Gasteiger partial charge in [-0.25, -0.2) is 9.97 Å². The second-order valence-electron chi connectivity index (χ2n) is 16.7. The highest BCUT2D eigenvalue weighted by Crippen LogP contribution is 2.41. The Morgan fingerprint density at radius 3 is 1.51 bits per heavy atom. The maximum atomic E-state index is 4.91. The maximum Gasteiger partial charge on any atom is 0.124 e. The lowest BCUT2D eigenvalue weighted by atomic mass is 9.89. The van der Waals surface area contributed by atoms with Crippen LogP contribution in [0.25, 0.3) is 52.7 Å². The third kappa shape index (κ3) is 8.79. The molecule has 0 spiro atoms. The molecule has 0 N–H and O–H groups in total. The molecule has 0 radical (unpaired) electrons. The number of benzene rings is 8. The van der Waals surface area contributed by atoms with Crippen LogP contribution < -0.4 is 9.80 Å². The van der Waals surface area contributed by atoms with Gasteiger partial charge in [-0.1, -0.05) is 116 Å². The van der Waals surface area contributed by atoms with Crippen molar-refractivity contribution in [1.29, 1.82) is 0 Å². The number of fused-ring (bicyclic) bond motifs is 2. The van der Waals surface area contributed by atoms with Gasteiger partial charge in [0.05, 0.1) is 20.4 Å². The first kappa shape index (κ1) is 42.5. The Balaban J connectivity index is 0.860. The topological polar surface area (TPSA) is 32.3 Å². The molecule has 4 nitrogen and oxygen atoms in total. The van der Waals surface area contributed by atoms with Crippen molar-refractivity contribution >= 4 is 88.4 Å². The van der Waals surface area contributed by atoms with E-state index in [1.54, 1.807) is 22.7 Å². The van der Waals surface area contributed by atoms with Gasteiger partial charge in [-0.05, 0) is 174 Å². The molecule has 11 rings (SSSR count). The molecular weight excluding hydrogens is 865 g/mol. The van der Waals surface area contributed by atoms with Crippen LogP contribution in [0.5, 0.6) is 0 Å². The van der Waals surface area contributed by atoms with E-state index < -0.39 is 0 Å². The Bertz CT molecular complexity index is 3480. The first-order valence-corrected chi connectivity index (χ1v) is 24.5. The zero-order valence-corrected chi connectivity index (χ0v) is 39.0. The molecule has 0 bridgehead atoms. The number of para-hydroxylation sites is 4.